The van der Waals surface area contributed by atoms with E-state index in [0.717, 1.165) is 35.6 Å². The number of amides is 1. The molecule has 2 aromatic rings. The minimum atomic E-state index is -0.119. The van der Waals surface area contributed by atoms with Gasteiger partial charge in [-0.3, -0.25) is 4.79 Å². The molecule has 6 nitrogen and oxygen atoms in total. The van der Waals surface area contributed by atoms with Gasteiger partial charge in [0.25, 0.3) is 5.91 Å². The fourth-order valence-electron chi connectivity index (χ4n) is 2.78. The molecule has 0 radical (unpaired) electrons. The Morgan fingerprint density at radius 2 is 2.21 bits per heavy atom. The number of aromatic nitrogens is 2. The number of carbonyl (C=O) groups is 1. The molecule has 0 spiro atoms. The average Bonchev–Trinajstić information content (AvgIpc) is 3.18. The van der Waals surface area contributed by atoms with Gasteiger partial charge in [0, 0.05) is 17.7 Å². The maximum Gasteiger partial charge on any atom is 0.251 e. The van der Waals surface area contributed by atoms with Crippen molar-refractivity contribution in [2.45, 2.75) is 39.7 Å². The first-order valence-electron chi connectivity index (χ1n) is 8.20. The first kappa shape index (κ1) is 16.2. The average molecular weight is 326 g/mol. The molecule has 126 valence electrons. The van der Waals surface area contributed by atoms with Gasteiger partial charge >= 0.3 is 0 Å². The molecule has 1 atom stereocenters. The Balaban J connectivity index is 1.66. The van der Waals surface area contributed by atoms with E-state index in [4.69, 9.17) is 4.84 Å². The number of nitrogens with one attached hydrogen (secondary N) is 1. The van der Waals surface area contributed by atoms with E-state index in [0.29, 0.717) is 12.1 Å². The topological polar surface area (TPSA) is 68.5 Å². The van der Waals surface area contributed by atoms with Crippen molar-refractivity contribution in [3.05, 3.63) is 47.3 Å². The molecule has 24 heavy (non-hydrogen) atoms. The quantitative estimate of drug-likeness (QED) is 0.918. The standard InChI is InChI=1S/C18H22N4O2/c1-4-15-10-17(24-21-15)11-19-18(23)14-6-5-7-16(9-14)22-13(3)8-12(2)20-22/h5-9,17H,4,10-11H2,1-3H3,(H,19,23). The van der Waals surface area contributed by atoms with E-state index >= 15 is 0 Å². The molecule has 1 aliphatic rings. The van der Waals surface area contributed by atoms with E-state index < -0.39 is 0 Å². The molecule has 0 saturated heterocycles. The summed E-state index contributed by atoms with van der Waals surface area (Å²) in [6, 6.07) is 9.46. The van der Waals surface area contributed by atoms with Crippen molar-refractivity contribution >= 4 is 11.6 Å². The number of oxime groups is 1. The largest absolute Gasteiger partial charge is 0.390 e. The van der Waals surface area contributed by atoms with Crippen LogP contribution in [0, 0.1) is 13.8 Å². The van der Waals surface area contributed by atoms with Crippen LogP contribution in [0.3, 0.4) is 0 Å². The van der Waals surface area contributed by atoms with Gasteiger partial charge in [0.15, 0.2) is 0 Å². The molecule has 1 N–H and O–H groups in total. The van der Waals surface area contributed by atoms with Crippen LogP contribution in [0.25, 0.3) is 5.69 Å². The molecular weight excluding hydrogens is 304 g/mol. The SMILES string of the molecule is CCC1=NOC(CNC(=O)c2cccc(-n3nc(C)cc3C)c2)C1. The number of benzene rings is 1. The summed E-state index contributed by atoms with van der Waals surface area (Å²) < 4.78 is 1.84. The van der Waals surface area contributed by atoms with Crippen LogP contribution < -0.4 is 5.32 Å². The lowest BCUT2D eigenvalue weighted by molar-refractivity contribution is 0.0753. The van der Waals surface area contributed by atoms with Crippen LogP contribution in [0.1, 0.15) is 41.5 Å². The fraction of sp³-hybridized carbons (Fsp3) is 0.389. The summed E-state index contributed by atoms with van der Waals surface area (Å²) in [6.45, 7) is 6.45. The second-order valence-electron chi connectivity index (χ2n) is 6.04. The molecule has 1 aromatic heterocycles. The normalized spacial score (nSPS) is 16.6. The molecule has 2 heterocycles. The highest BCUT2D eigenvalue weighted by Crippen LogP contribution is 2.15. The lowest BCUT2D eigenvalue weighted by atomic mass is 10.1. The third-order valence-electron chi connectivity index (χ3n) is 4.06. The van der Waals surface area contributed by atoms with Crippen LogP contribution in [0.5, 0.6) is 0 Å². The molecule has 1 unspecified atom stereocenters. The summed E-state index contributed by atoms with van der Waals surface area (Å²) in [5.74, 6) is -0.119. The zero-order valence-electron chi connectivity index (χ0n) is 14.2. The van der Waals surface area contributed by atoms with E-state index in [-0.39, 0.29) is 12.0 Å². The number of rotatable bonds is 5. The van der Waals surface area contributed by atoms with Crippen molar-refractivity contribution in [2.24, 2.45) is 5.16 Å². The van der Waals surface area contributed by atoms with Gasteiger partial charge in [-0.25, -0.2) is 4.68 Å². The van der Waals surface area contributed by atoms with Gasteiger partial charge in [0.1, 0.15) is 6.10 Å². The monoisotopic (exact) mass is 326 g/mol. The summed E-state index contributed by atoms with van der Waals surface area (Å²) in [6.07, 6.45) is 1.60. The van der Waals surface area contributed by atoms with Gasteiger partial charge in [-0.15, -0.1) is 0 Å². The molecule has 1 aliphatic heterocycles. The van der Waals surface area contributed by atoms with Gasteiger partial charge in [-0.05, 0) is 44.5 Å². The Hall–Kier alpha value is -2.63. The molecule has 0 saturated carbocycles. The van der Waals surface area contributed by atoms with E-state index in [1.165, 1.54) is 0 Å². The van der Waals surface area contributed by atoms with Gasteiger partial charge in [0.05, 0.1) is 23.6 Å². The van der Waals surface area contributed by atoms with E-state index in [9.17, 15) is 4.79 Å². The first-order valence-corrected chi connectivity index (χ1v) is 8.20. The van der Waals surface area contributed by atoms with Crippen LogP contribution in [-0.4, -0.2) is 34.0 Å². The van der Waals surface area contributed by atoms with Gasteiger partial charge in [0.2, 0.25) is 0 Å². The minimum absolute atomic E-state index is 0.0666. The predicted octanol–water partition coefficient (Wildman–Crippen LogP) is 2.77. The molecule has 1 aromatic carbocycles. The Morgan fingerprint density at radius 1 is 1.38 bits per heavy atom. The van der Waals surface area contributed by atoms with Crippen molar-refractivity contribution in [3.63, 3.8) is 0 Å². The molecule has 6 heteroatoms. The fourth-order valence-corrected chi connectivity index (χ4v) is 2.78. The van der Waals surface area contributed by atoms with Crippen molar-refractivity contribution in [1.82, 2.24) is 15.1 Å². The number of carbonyl (C=O) groups excluding carboxylic acids is 1. The Labute approximate surface area is 141 Å². The zero-order chi connectivity index (χ0) is 17.1. The van der Waals surface area contributed by atoms with Crippen LogP contribution in [-0.2, 0) is 4.84 Å². The molecule has 0 aliphatic carbocycles. The predicted molar refractivity (Wildman–Crippen MR) is 92.6 cm³/mol. The number of aryl methyl sites for hydroxylation is 2. The third kappa shape index (κ3) is 3.48. The lowest BCUT2D eigenvalue weighted by Crippen LogP contribution is -2.32. The number of hydrogen-bond donors (Lipinski definition) is 1. The van der Waals surface area contributed by atoms with Crippen molar-refractivity contribution in [1.29, 1.82) is 0 Å². The smallest absolute Gasteiger partial charge is 0.251 e. The Bertz CT molecular complexity index is 779. The first-order chi connectivity index (χ1) is 11.6. The third-order valence-corrected chi connectivity index (χ3v) is 4.06. The molecular formula is C18H22N4O2. The van der Waals surface area contributed by atoms with E-state index in [2.05, 4.69) is 15.6 Å². The van der Waals surface area contributed by atoms with Crippen molar-refractivity contribution < 1.29 is 9.63 Å². The second-order valence-corrected chi connectivity index (χ2v) is 6.04. The van der Waals surface area contributed by atoms with Crippen LogP contribution >= 0.6 is 0 Å². The van der Waals surface area contributed by atoms with Gasteiger partial charge in [-0.2, -0.15) is 5.10 Å². The highest BCUT2D eigenvalue weighted by Gasteiger charge is 2.20. The molecule has 0 bridgehead atoms. The van der Waals surface area contributed by atoms with E-state index in [1.54, 1.807) is 6.07 Å². The highest BCUT2D eigenvalue weighted by molar-refractivity contribution is 5.94. The van der Waals surface area contributed by atoms with Crippen LogP contribution in [0.4, 0.5) is 0 Å². The number of hydrogen-bond acceptors (Lipinski definition) is 4. The molecule has 3 rings (SSSR count). The zero-order valence-corrected chi connectivity index (χ0v) is 14.2. The second kappa shape index (κ2) is 6.86. The summed E-state index contributed by atoms with van der Waals surface area (Å²) in [5.41, 5.74) is 4.51. The lowest BCUT2D eigenvalue weighted by Gasteiger charge is -2.11. The van der Waals surface area contributed by atoms with Crippen molar-refractivity contribution in [3.8, 4) is 5.69 Å². The van der Waals surface area contributed by atoms with Gasteiger partial charge in [-0.1, -0.05) is 18.1 Å². The molecule has 1 amide bonds. The summed E-state index contributed by atoms with van der Waals surface area (Å²) in [4.78, 5) is 17.7. The Morgan fingerprint density at radius 3 is 2.88 bits per heavy atom. The maximum absolute atomic E-state index is 12.4. The van der Waals surface area contributed by atoms with Gasteiger partial charge < -0.3 is 10.2 Å². The molecule has 0 fully saturated rings. The van der Waals surface area contributed by atoms with Crippen LogP contribution in [0.15, 0.2) is 35.5 Å². The highest BCUT2D eigenvalue weighted by atomic mass is 16.6. The summed E-state index contributed by atoms with van der Waals surface area (Å²) >= 11 is 0. The Kier molecular flexibility index (Phi) is 4.64. The van der Waals surface area contributed by atoms with Crippen molar-refractivity contribution in [2.75, 3.05) is 6.54 Å². The van der Waals surface area contributed by atoms with Crippen LogP contribution in [0.2, 0.25) is 0 Å². The number of nitrogens with zero attached hydrogens (tertiary/aromatic N) is 3. The van der Waals surface area contributed by atoms with E-state index in [1.807, 2.05) is 49.7 Å². The summed E-state index contributed by atoms with van der Waals surface area (Å²) in [5, 5.41) is 11.4. The summed E-state index contributed by atoms with van der Waals surface area (Å²) in [7, 11) is 0. The minimum Gasteiger partial charge on any atom is -0.390 e. The maximum atomic E-state index is 12.4.